The summed E-state index contributed by atoms with van der Waals surface area (Å²) in [6.07, 6.45) is -4.21. The van der Waals surface area contributed by atoms with Gasteiger partial charge in [-0.05, 0) is 12.1 Å². The predicted molar refractivity (Wildman–Crippen MR) is 67.8 cm³/mol. The van der Waals surface area contributed by atoms with E-state index in [1.54, 1.807) is 0 Å². The van der Waals surface area contributed by atoms with Gasteiger partial charge in [-0.1, -0.05) is 6.07 Å². The standard InChI is InChI=1S/C13H8F3NO5/c14-13(15,16)8-3-1-2-6-10(8)17(5-9(18)19)4-7(11(6)20)12(21)22/h1-4H,5H2,(H,18,19)(H,21,22). The van der Waals surface area contributed by atoms with E-state index in [1.165, 1.54) is 0 Å². The Morgan fingerprint density at radius 2 is 1.82 bits per heavy atom. The van der Waals surface area contributed by atoms with Crippen molar-refractivity contribution in [3.8, 4) is 0 Å². The number of pyridine rings is 1. The molecule has 1 aromatic carbocycles. The molecule has 0 bridgehead atoms. The Bertz CT molecular complexity index is 838. The highest BCUT2D eigenvalue weighted by atomic mass is 19.4. The molecule has 0 radical (unpaired) electrons. The van der Waals surface area contributed by atoms with Crippen LogP contribution in [0.4, 0.5) is 13.2 Å². The van der Waals surface area contributed by atoms with Crippen molar-refractivity contribution in [3.05, 3.63) is 45.7 Å². The van der Waals surface area contributed by atoms with Gasteiger partial charge >= 0.3 is 18.1 Å². The second kappa shape index (κ2) is 5.17. The van der Waals surface area contributed by atoms with Crippen molar-refractivity contribution in [1.29, 1.82) is 0 Å². The van der Waals surface area contributed by atoms with Crippen LogP contribution in [0.1, 0.15) is 15.9 Å². The van der Waals surface area contributed by atoms with Crippen LogP contribution in [0.2, 0.25) is 0 Å². The third-order valence-corrected chi connectivity index (χ3v) is 2.94. The molecule has 0 fully saturated rings. The number of aromatic carboxylic acids is 1. The van der Waals surface area contributed by atoms with Gasteiger partial charge < -0.3 is 14.8 Å². The first-order valence-corrected chi connectivity index (χ1v) is 5.81. The number of fused-ring (bicyclic) bond motifs is 1. The van der Waals surface area contributed by atoms with Crippen molar-refractivity contribution in [3.63, 3.8) is 0 Å². The van der Waals surface area contributed by atoms with E-state index in [9.17, 15) is 27.6 Å². The van der Waals surface area contributed by atoms with E-state index in [1.807, 2.05) is 0 Å². The Balaban J connectivity index is 2.99. The first-order valence-electron chi connectivity index (χ1n) is 5.81. The molecule has 0 aliphatic rings. The lowest BCUT2D eigenvalue weighted by Gasteiger charge is -2.15. The van der Waals surface area contributed by atoms with Gasteiger partial charge in [0.2, 0.25) is 5.43 Å². The van der Waals surface area contributed by atoms with Crippen molar-refractivity contribution < 1.29 is 33.0 Å². The Kier molecular flexibility index (Phi) is 3.65. The van der Waals surface area contributed by atoms with Crippen LogP contribution in [-0.2, 0) is 17.5 Å². The van der Waals surface area contributed by atoms with Crippen LogP contribution in [0, 0.1) is 0 Å². The lowest BCUT2D eigenvalue weighted by molar-refractivity contribution is -0.139. The molecule has 2 aromatic rings. The molecule has 0 amide bonds. The van der Waals surface area contributed by atoms with Gasteiger partial charge in [-0.3, -0.25) is 9.59 Å². The number of rotatable bonds is 3. The summed E-state index contributed by atoms with van der Waals surface area (Å²) in [7, 11) is 0. The van der Waals surface area contributed by atoms with E-state index >= 15 is 0 Å². The van der Waals surface area contributed by atoms with E-state index in [0.29, 0.717) is 16.8 Å². The Morgan fingerprint density at radius 3 is 2.32 bits per heavy atom. The summed E-state index contributed by atoms with van der Waals surface area (Å²) in [5.74, 6) is -3.12. The second-order valence-corrected chi connectivity index (χ2v) is 4.40. The Labute approximate surface area is 120 Å². The van der Waals surface area contributed by atoms with Crippen LogP contribution in [0.25, 0.3) is 10.9 Å². The topological polar surface area (TPSA) is 96.6 Å². The van der Waals surface area contributed by atoms with Gasteiger partial charge in [0.1, 0.15) is 12.1 Å². The monoisotopic (exact) mass is 315 g/mol. The maximum Gasteiger partial charge on any atom is 0.418 e. The molecule has 0 aliphatic heterocycles. The molecule has 1 aromatic heterocycles. The van der Waals surface area contributed by atoms with E-state index in [4.69, 9.17) is 10.2 Å². The summed E-state index contributed by atoms with van der Waals surface area (Å²) < 4.78 is 39.7. The van der Waals surface area contributed by atoms with Gasteiger partial charge in [-0.25, -0.2) is 4.79 Å². The number of carboxylic acids is 2. The zero-order valence-electron chi connectivity index (χ0n) is 10.7. The predicted octanol–water partition coefficient (Wildman–Crippen LogP) is 1.80. The number of hydrogen-bond donors (Lipinski definition) is 2. The average molecular weight is 315 g/mol. The van der Waals surface area contributed by atoms with Crippen LogP contribution in [0.15, 0.2) is 29.2 Å². The van der Waals surface area contributed by atoms with Crippen LogP contribution in [-0.4, -0.2) is 26.7 Å². The largest absolute Gasteiger partial charge is 0.480 e. The zero-order valence-corrected chi connectivity index (χ0v) is 10.7. The van der Waals surface area contributed by atoms with Gasteiger partial charge in [-0.15, -0.1) is 0 Å². The number of benzene rings is 1. The molecule has 0 unspecified atom stereocenters. The van der Waals surface area contributed by atoms with E-state index in [-0.39, 0.29) is 0 Å². The fraction of sp³-hybridized carbons (Fsp3) is 0.154. The van der Waals surface area contributed by atoms with Crippen LogP contribution in [0.5, 0.6) is 0 Å². The van der Waals surface area contributed by atoms with Crippen molar-refractivity contribution >= 4 is 22.8 Å². The molecule has 0 atom stereocenters. The highest BCUT2D eigenvalue weighted by Gasteiger charge is 2.34. The van der Waals surface area contributed by atoms with E-state index < -0.39 is 52.1 Å². The van der Waals surface area contributed by atoms with Crippen molar-refractivity contribution in [2.45, 2.75) is 12.7 Å². The number of aliphatic carboxylic acids is 1. The number of carboxylic acid groups (broad SMARTS) is 2. The first kappa shape index (κ1) is 15.5. The Hall–Kier alpha value is -2.84. The van der Waals surface area contributed by atoms with Gasteiger partial charge in [0.05, 0.1) is 11.1 Å². The summed E-state index contributed by atoms with van der Waals surface area (Å²) in [6.45, 7) is -0.913. The van der Waals surface area contributed by atoms with E-state index in [0.717, 1.165) is 12.1 Å². The minimum absolute atomic E-state index is 0.504. The molecule has 6 nitrogen and oxygen atoms in total. The molecular weight excluding hydrogens is 307 g/mol. The molecule has 2 rings (SSSR count). The van der Waals surface area contributed by atoms with Crippen molar-refractivity contribution in [2.75, 3.05) is 0 Å². The highest BCUT2D eigenvalue weighted by molar-refractivity contribution is 5.94. The molecule has 0 aliphatic carbocycles. The molecule has 0 spiro atoms. The average Bonchev–Trinajstić information content (AvgIpc) is 2.39. The third-order valence-electron chi connectivity index (χ3n) is 2.94. The summed E-state index contributed by atoms with van der Waals surface area (Å²) in [5, 5.41) is 17.2. The highest BCUT2D eigenvalue weighted by Crippen LogP contribution is 2.34. The van der Waals surface area contributed by atoms with Gasteiger partial charge in [-0.2, -0.15) is 13.2 Å². The minimum atomic E-state index is -4.82. The number of aromatic nitrogens is 1. The second-order valence-electron chi connectivity index (χ2n) is 4.40. The molecule has 2 N–H and O–H groups in total. The van der Waals surface area contributed by atoms with Crippen molar-refractivity contribution in [2.24, 2.45) is 0 Å². The molecule has 9 heteroatoms. The fourth-order valence-electron chi connectivity index (χ4n) is 2.11. The zero-order chi connectivity index (χ0) is 16.7. The van der Waals surface area contributed by atoms with Crippen molar-refractivity contribution in [1.82, 2.24) is 4.57 Å². The van der Waals surface area contributed by atoms with Gasteiger partial charge in [0, 0.05) is 11.6 Å². The van der Waals surface area contributed by atoms with Crippen LogP contribution in [0.3, 0.4) is 0 Å². The maximum atomic E-state index is 13.0. The summed E-state index contributed by atoms with van der Waals surface area (Å²) in [4.78, 5) is 33.8. The van der Waals surface area contributed by atoms with Gasteiger partial charge in [0.15, 0.2) is 0 Å². The number of alkyl halides is 3. The number of nitrogens with zero attached hydrogens (tertiary/aromatic N) is 1. The smallest absolute Gasteiger partial charge is 0.418 e. The van der Waals surface area contributed by atoms with Crippen LogP contribution >= 0.6 is 0 Å². The normalized spacial score (nSPS) is 11.6. The lowest BCUT2D eigenvalue weighted by atomic mass is 10.1. The molecular formula is C13H8F3NO5. The Morgan fingerprint density at radius 1 is 1.18 bits per heavy atom. The number of para-hydroxylation sites is 1. The molecule has 0 saturated heterocycles. The molecule has 116 valence electrons. The first-order chi connectivity index (χ1) is 10.1. The lowest BCUT2D eigenvalue weighted by Crippen LogP contribution is -2.23. The summed E-state index contributed by atoms with van der Waals surface area (Å²) >= 11 is 0. The summed E-state index contributed by atoms with van der Waals surface area (Å²) in [6, 6.07) is 2.68. The number of hydrogen-bond acceptors (Lipinski definition) is 3. The van der Waals surface area contributed by atoms with E-state index in [2.05, 4.69) is 0 Å². The SMILES string of the molecule is O=C(O)Cn1cc(C(=O)O)c(=O)c2cccc(C(F)(F)F)c21. The van der Waals surface area contributed by atoms with Crippen LogP contribution < -0.4 is 5.43 Å². The number of carbonyl (C=O) groups is 2. The minimum Gasteiger partial charge on any atom is -0.480 e. The maximum absolute atomic E-state index is 13.0. The molecule has 1 heterocycles. The molecule has 22 heavy (non-hydrogen) atoms. The third kappa shape index (κ3) is 2.65. The molecule has 0 saturated carbocycles. The quantitative estimate of drug-likeness (QED) is 0.900. The summed E-state index contributed by atoms with van der Waals surface area (Å²) in [5.41, 5.74) is -3.77. The van der Waals surface area contributed by atoms with Gasteiger partial charge in [0.25, 0.3) is 0 Å². The fourth-order valence-corrected chi connectivity index (χ4v) is 2.11. The number of halogens is 3.